The fraction of sp³-hybridized carbons (Fsp3) is 0.875. The van der Waals surface area contributed by atoms with Crippen LogP contribution < -0.4 is 5.09 Å². The van der Waals surface area contributed by atoms with Gasteiger partial charge in [0.1, 0.15) is 0 Å². The third kappa shape index (κ3) is 16.1. The summed E-state index contributed by atoms with van der Waals surface area (Å²) < 4.78 is 0. The average Bonchev–Trinajstić information content (AvgIpc) is 2.59. The minimum Gasteiger partial charge on any atom is -0.337 e. The summed E-state index contributed by atoms with van der Waals surface area (Å²) in [6.45, 7) is 13.9. The molecule has 3 heteroatoms. The molecule has 0 aliphatic rings. The molecule has 0 radical (unpaired) electrons. The molecule has 0 aromatic rings. The van der Waals surface area contributed by atoms with E-state index in [4.69, 9.17) is 0 Å². The number of nitrogens with one attached hydrogen (secondary N) is 1. The topological polar surface area (TPSA) is 24.4 Å². The Labute approximate surface area is 172 Å². The van der Waals surface area contributed by atoms with Gasteiger partial charge in [0.25, 0.3) is 0 Å². The molecule has 0 aliphatic carbocycles. The Hall–Kier alpha value is -0.573. The van der Waals surface area contributed by atoms with Gasteiger partial charge >= 0.3 is 0 Å². The first-order valence-corrected chi connectivity index (χ1v) is 14.7. The fourth-order valence-corrected chi connectivity index (χ4v) is 3.48. The van der Waals surface area contributed by atoms with Crippen LogP contribution in [0.3, 0.4) is 0 Å². The van der Waals surface area contributed by atoms with Gasteiger partial charge in [-0.25, -0.2) is 5.10 Å². The summed E-state index contributed by atoms with van der Waals surface area (Å²) in [5.74, 6) is 0. The maximum Gasteiger partial charge on any atom is 0.173 e. The number of unbranched alkanes of at least 4 members (excludes halogenated alkanes) is 12. The largest absolute Gasteiger partial charge is 0.337 e. The lowest BCUT2D eigenvalue weighted by molar-refractivity contribution is 0.563. The van der Waals surface area contributed by atoms with Gasteiger partial charge in [-0.3, -0.25) is 0 Å². The van der Waals surface area contributed by atoms with Gasteiger partial charge in [-0.15, -0.1) is 0 Å². The van der Waals surface area contributed by atoms with Gasteiger partial charge < -0.3 is 5.09 Å². The van der Waals surface area contributed by atoms with E-state index in [1.165, 1.54) is 83.5 Å². The Kier molecular flexibility index (Phi) is 16.0. The van der Waals surface area contributed by atoms with Crippen LogP contribution in [0.2, 0.25) is 18.1 Å². The van der Waals surface area contributed by atoms with Gasteiger partial charge in [0.15, 0.2) is 8.24 Å². The molecular weight excluding hydrogens is 344 g/mol. The van der Waals surface area contributed by atoms with Crippen LogP contribution in [0.5, 0.6) is 0 Å². The molecule has 0 saturated carbocycles. The fourth-order valence-electron chi connectivity index (χ4n) is 2.73. The summed E-state index contributed by atoms with van der Waals surface area (Å²) in [5, 5.41) is 8.29. The number of rotatable bonds is 17. The maximum atomic E-state index is 4.49. The highest BCUT2D eigenvalue weighted by Gasteiger charge is 2.35. The van der Waals surface area contributed by atoms with Crippen LogP contribution in [0.15, 0.2) is 17.3 Å². The van der Waals surface area contributed by atoms with Gasteiger partial charge in [0.05, 0.1) is 0 Å². The Morgan fingerprint density at radius 1 is 0.704 bits per heavy atom. The first kappa shape index (κ1) is 26.4. The molecule has 0 unspecified atom stereocenters. The predicted octanol–water partition coefficient (Wildman–Crippen LogP) is 8.60. The number of allylic oxidation sites excluding steroid dienone is 2. The Morgan fingerprint density at radius 3 is 1.63 bits per heavy atom. The van der Waals surface area contributed by atoms with Crippen molar-refractivity contribution >= 4 is 14.5 Å². The molecule has 0 amide bonds. The van der Waals surface area contributed by atoms with Crippen molar-refractivity contribution in [3.8, 4) is 0 Å². The van der Waals surface area contributed by atoms with Crippen LogP contribution in [-0.4, -0.2) is 14.5 Å². The lowest BCUT2D eigenvalue weighted by atomic mass is 10.1. The van der Waals surface area contributed by atoms with E-state index in [0.29, 0.717) is 5.04 Å². The number of hydrogen-bond donors (Lipinski definition) is 1. The first-order valence-electron chi connectivity index (χ1n) is 11.7. The number of hydrogen-bond acceptors (Lipinski definition) is 2. The minimum atomic E-state index is -1.47. The van der Waals surface area contributed by atoms with E-state index in [1.807, 2.05) is 0 Å². The van der Waals surface area contributed by atoms with Crippen molar-refractivity contribution in [1.29, 1.82) is 0 Å². The molecule has 27 heavy (non-hydrogen) atoms. The van der Waals surface area contributed by atoms with E-state index in [2.05, 4.69) is 69.3 Å². The molecule has 0 aromatic carbocycles. The smallest absolute Gasteiger partial charge is 0.173 e. The lowest BCUT2D eigenvalue weighted by Gasteiger charge is -2.35. The van der Waals surface area contributed by atoms with Gasteiger partial charge in [0, 0.05) is 6.21 Å². The van der Waals surface area contributed by atoms with E-state index in [0.717, 1.165) is 6.42 Å². The van der Waals surface area contributed by atoms with E-state index < -0.39 is 8.24 Å². The molecule has 0 saturated heterocycles. The third-order valence-corrected chi connectivity index (χ3v) is 10.3. The standard InChI is InChI=1S/C24H50N2Si/c1-7-8-9-10-11-12-13-14-15-16-17-18-19-20-21-22-23-25-26-27(5,6)24(2,3)4/h10-11,23,26H,7-9,12-22H2,1-6H3/b11-10-,25-23-. The van der Waals surface area contributed by atoms with Crippen molar-refractivity contribution in [2.45, 2.75) is 136 Å². The van der Waals surface area contributed by atoms with Crippen LogP contribution in [0.25, 0.3) is 0 Å². The summed E-state index contributed by atoms with van der Waals surface area (Å²) in [7, 11) is -1.47. The van der Waals surface area contributed by atoms with E-state index in [1.54, 1.807) is 0 Å². The lowest BCUT2D eigenvalue weighted by Crippen LogP contribution is -2.49. The Bertz CT molecular complexity index is 380. The quantitative estimate of drug-likeness (QED) is 0.0862. The zero-order valence-corrected chi connectivity index (χ0v) is 20.6. The van der Waals surface area contributed by atoms with Crippen molar-refractivity contribution in [3.05, 3.63) is 12.2 Å². The third-order valence-electron chi connectivity index (χ3n) is 5.91. The highest BCUT2D eigenvalue weighted by atomic mass is 28.3. The Morgan fingerprint density at radius 2 is 1.15 bits per heavy atom. The predicted molar refractivity (Wildman–Crippen MR) is 128 cm³/mol. The molecular formula is C24H50N2Si. The molecule has 0 heterocycles. The highest BCUT2D eigenvalue weighted by Crippen LogP contribution is 2.33. The second-order valence-electron chi connectivity index (χ2n) is 9.67. The monoisotopic (exact) mass is 394 g/mol. The summed E-state index contributed by atoms with van der Waals surface area (Å²) >= 11 is 0. The number of hydrazone groups is 1. The van der Waals surface area contributed by atoms with Crippen molar-refractivity contribution < 1.29 is 0 Å². The molecule has 0 atom stereocenters. The summed E-state index contributed by atoms with van der Waals surface area (Å²) in [6.07, 6.45) is 25.7. The van der Waals surface area contributed by atoms with Crippen LogP contribution in [-0.2, 0) is 0 Å². The molecule has 2 nitrogen and oxygen atoms in total. The maximum absolute atomic E-state index is 4.49. The summed E-state index contributed by atoms with van der Waals surface area (Å²) in [6, 6.07) is 0. The van der Waals surface area contributed by atoms with Crippen LogP contribution in [0.4, 0.5) is 0 Å². The van der Waals surface area contributed by atoms with Crippen molar-refractivity contribution in [2.75, 3.05) is 0 Å². The SMILES string of the molecule is CCCC/C=C\CCCCCCCCCCC/C=N\N[Si](C)(C)C(C)(C)C. The molecule has 0 fully saturated rings. The second kappa shape index (κ2) is 16.4. The van der Waals surface area contributed by atoms with Gasteiger partial charge in [-0.05, 0) is 50.2 Å². The Balaban J connectivity index is 3.34. The average molecular weight is 395 g/mol. The highest BCUT2D eigenvalue weighted by molar-refractivity contribution is 6.77. The van der Waals surface area contributed by atoms with Crippen molar-refractivity contribution in [1.82, 2.24) is 5.09 Å². The molecule has 0 rings (SSSR count). The van der Waals surface area contributed by atoms with E-state index in [-0.39, 0.29) is 0 Å². The molecule has 0 aromatic heterocycles. The molecule has 160 valence electrons. The normalized spacial score (nSPS) is 13.1. The van der Waals surface area contributed by atoms with Crippen molar-refractivity contribution in [3.63, 3.8) is 0 Å². The van der Waals surface area contributed by atoms with Crippen LogP contribution in [0.1, 0.15) is 118 Å². The molecule has 1 N–H and O–H groups in total. The van der Waals surface area contributed by atoms with E-state index >= 15 is 0 Å². The van der Waals surface area contributed by atoms with Crippen LogP contribution >= 0.6 is 0 Å². The van der Waals surface area contributed by atoms with Gasteiger partial charge in [-0.2, -0.15) is 0 Å². The first-order chi connectivity index (χ1) is 12.8. The van der Waals surface area contributed by atoms with E-state index in [9.17, 15) is 0 Å². The summed E-state index contributed by atoms with van der Waals surface area (Å²) in [4.78, 5) is 0. The zero-order chi connectivity index (χ0) is 20.4. The molecule has 0 spiro atoms. The van der Waals surface area contributed by atoms with Crippen LogP contribution in [0, 0.1) is 0 Å². The second-order valence-corrected chi connectivity index (χ2v) is 14.6. The van der Waals surface area contributed by atoms with Gasteiger partial charge in [-0.1, -0.05) is 97.6 Å². The molecule has 0 bridgehead atoms. The van der Waals surface area contributed by atoms with Gasteiger partial charge in [0.2, 0.25) is 0 Å². The zero-order valence-electron chi connectivity index (χ0n) is 19.6. The molecule has 0 aliphatic heterocycles. The van der Waals surface area contributed by atoms with Crippen molar-refractivity contribution in [2.24, 2.45) is 5.10 Å². The minimum absolute atomic E-state index is 0.343. The number of nitrogens with zero attached hydrogens (tertiary/aromatic N) is 1. The summed E-state index contributed by atoms with van der Waals surface area (Å²) in [5.41, 5.74) is 0.